The predicted molar refractivity (Wildman–Crippen MR) is 161 cm³/mol. The number of hydrogen-bond acceptors (Lipinski definition) is 7. The van der Waals surface area contributed by atoms with Gasteiger partial charge in [0.2, 0.25) is 17.7 Å². The normalized spacial score (nSPS) is 13.7. The highest BCUT2D eigenvalue weighted by Crippen LogP contribution is 2.19. The molecule has 0 bridgehead atoms. The van der Waals surface area contributed by atoms with Crippen LogP contribution in [0.1, 0.15) is 24.0 Å². The third kappa shape index (κ3) is 9.83. The summed E-state index contributed by atoms with van der Waals surface area (Å²) in [5.74, 6) is -3.65. The average Bonchev–Trinajstić information content (AvgIpc) is 3.39. The minimum atomic E-state index is -1.57. The van der Waals surface area contributed by atoms with Gasteiger partial charge in [-0.1, -0.05) is 48.5 Å². The van der Waals surface area contributed by atoms with Gasteiger partial charge in [-0.25, -0.2) is 4.79 Å². The molecule has 0 radical (unpaired) electrons. The Balaban J connectivity index is 1.77. The number of amides is 3. The summed E-state index contributed by atoms with van der Waals surface area (Å²) in [5, 5.41) is 27.1. The van der Waals surface area contributed by atoms with Crippen molar-refractivity contribution in [2.24, 2.45) is 22.2 Å². The fraction of sp³-hybridized carbons (Fsp3) is 0.345. The maximum atomic E-state index is 13.5. The molecule has 0 saturated heterocycles. The van der Waals surface area contributed by atoms with Gasteiger partial charge in [0, 0.05) is 30.1 Å². The molecule has 0 saturated carbocycles. The van der Waals surface area contributed by atoms with Gasteiger partial charge in [-0.05, 0) is 36.5 Å². The number of aromatic nitrogens is 1. The van der Waals surface area contributed by atoms with Crippen LogP contribution in [0.3, 0.4) is 0 Å². The molecule has 3 aromatic rings. The summed E-state index contributed by atoms with van der Waals surface area (Å²) in [6.07, 6.45) is 2.43. The third-order valence-corrected chi connectivity index (χ3v) is 6.74. The number of nitrogens with one attached hydrogen (secondary N) is 4. The molecule has 4 unspecified atom stereocenters. The first-order valence-corrected chi connectivity index (χ1v) is 13.7. The van der Waals surface area contributed by atoms with Crippen LogP contribution in [-0.2, 0) is 32.0 Å². The number of aliphatic carboxylic acids is 1. The number of guanidine groups is 1. The van der Waals surface area contributed by atoms with Crippen LogP contribution in [0, 0.1) is 0 Å². The Bertz CT molecular complexity index is 1420. The number of carboxylic acid groups (broad SMARTS) is 1. The molecule has 14 heteroatoms. The van der Waals surface area contributed by atoms with Gasteiger partial charge in [0.05, 0.1) is 12.6 Å². The van der Waals surface area contributed by atoms with E-state index in [9.17, 15) is 29.4 Å². The van der Waals surface area contributed by atoms with Crippen molar-refractivity contribution in [3.8, 4) is 0 Å². The number of hydrogen-bond donors (Lipinski definition) is 9. The van der Waals surface area contributed by atoms with Gasteiger partial charge in [-0.3, -0.25) is 19.4 Å². The van der Waals surface area contributed by atoms with Crippen molar-refractivity contribution in [3.05, 3.63) is 71.9 Å². The zero-order valence-corrected chi connectivity index (χ0v) is 23.5. The second-order valence-corrected chi connectivity index (χ2v) is 10.0. The molecule has 1 heterocycles. The van der Waals surface area contributed by atoms with Crippen molar-refractivity contribution in [3.63, 3.8) is 0 Å². The summed E-state index contributed by atoms with van der Waals surface area (Å²) in [6, 6.07) is 11.5. The summed E-state index contributed by atoms with van der Waals surface area (Å²) in [7, 11) is 0. The lowest BCUT2D eigenvalue weighted by atomic mass is 10.0. The molecular formula is C29H38N8O6. The molecule has 0 aliphatic heterocycles. The van der Waals surface area contributed by atoms with E-state index in [2.05, 4.69) is 25.9 Å². The summed E-state index contributed by atoms with van der Waals surface area (Å²) in [5.41, 5.74) is 19.4. The van der Waals surface area contributed by atoms with E-state index in [1.165, 1.54) is 0 Å². The molecule has 3 amide bonds. The number of benzene rings is 2. The average molecular weight is 595 g/mol. The first kappa shape index (κ1) is 32.6. The number of carboxylic acids is 1. The molecule has 14 nitrogen and oxygen atoms in total. The number of carbonyl (C=O) groups is 4. The Kier molecular flexibility index (Phi) is 12.0. The predicted octanol–water partition coefficient (Wildman–Crippen LogP) is -1.13. The fourth-order valence-corrected chi connectivity index (χ4v) is 4.47. The number of carbonyl (C=O) groups excluding carboxylic acids is 3. The van der Waals surface area contributed by atoms with Crippen molar-refractivity contribution in [1.29, 1.82) is 0 Å². The molecule has 12 N–H and O–H groups in total. The van der Waals surface area contributed by atoms with Crippen molar-refractivity contribution < 1.29 is 29.4 Å². The van der Waals surface area contributed by atoms with E-state index in [4.69, 9.17) is 17.2 Å². The zero-order chi connectivity index (χ0) is 31.4. The van der Waals surface area contributed by atoms with Gasteiger partial charge in [-0.2, -0.15) is 0 Å². The van der Waals surface area contributed by atoms with Crippen molar-refractivity contribution in [1.82, 2.24) is 20.9 Å². The number of nitrogens with zero attached hydrogens (tertiary/aromatic N) is 1. The van der Waals surface area contributed by atoms with Gasteiger partial charge in [0.15, 0.2) is 5.96 Å². The smallest absolute Gasteiger partial charge is 0.328 e. The van der Waals surface area contributed by atoms with Crippen LogP contribution in [0.15, 0.2) is 65.8 Å². The van der Waals surface area contributed by atoms with Gasteiger partial charge < -0.3 is 48.3 Å². The van der Waals surface area contributed by atoms with Gasteiger partial charge >= 0.3 is 5.97 Å². The fourth-order valence-electron chi connectivity index (χ4n) is 4.47. The molecule has 2 aromatic carbocycles. The summed E-state index contributed by atoms with van der Waals surface area (Å²) in [4.78, 5) is 58.2. The number of aromatic amines is 1. The van der Waals surface area contributed by atoms with Crippen LogP contribution in [0.4, 0.5) is 0 Å². The number of fused-ring (bicyclic) bond motifs is 1. The van der Waals surface area contributed by atoms with E-state index in [1.54, 1.807) is 36.5 Å². The molecule has 0 spiro atoms. The maximum Gasteiger partial charge on any atom is 0.328 e. The number of H-pyrrole nitrogens is 1. The maximum absolute atomic E-state index is 13.5. The second kappa shape index (κ2) is 15.9. The topological polar surface area (TPSA) is 251 Å². The standard InChI is InChI=1S/C29H38N8O6/c30-20(14-18-15-34-21-10-5-4-9-19(18)21)25(39)35-22(11-6-12-33-29(31)32)26(40)36-23(13-17-7-2-1-3-8-17)27(41)37-24(16-38)28(42)43/h1-5,7-10,15,20,22-24,34,38H,6,11-14,16,30H2,(H,35,39)(H,36,40)(H,37,41)(H,42,43)(H4,31,32,33). The number of aliphatic imine (C=N–C) groups is 1. The second-order valence-electron chi connectivity index (χ2n) is 10.0. The number of aliphatic hydroxyl groups excluding tert-OH is 1. The summed E-state index contributed by atoms with van der Waals surface area (Å²) < 4.78 is 0. The number of para-hydroxylation sites is 1. The Morgan fingerprint density at radius 3 is 2.14 bits per heavy atom. The minimum absolute atomic E-state index is 0.0188. The number of rotatable bonds is 16. The van der Waals surface area contributed by atoms with Crippen LogP contribution >= 0.6 is 0 Å². The molecule has 1 aromatic heterocycles. The first-order valence-electron chi connectivity index (χ1n) is 13.7. The summed E-state index contributed by atoms with van der Waals surface area (Å²) in [6.45, 7) is -0.654. The molecule has 230 valence electrons. The van der Waals surface area contributed by atoms with E-state index in [0.717, 1.165) is 16.5 Å². The highest BCUT2D eigenvalue weighted by atomic mass is 16.4. The van der Waals surface area contributed by atoms with Crippen LogP contribution in [0.25, 0.3) is 10.9 Å². The van der Waals surface area contributed by atoms with Gasteiger partial charge in [0.1, 0.15) is 18.1 Å². The van der Waals surface area contributed by atoms with E-state index in [0.29, 0.717) is 12.0 Å². The van der Waals surface area contributed by atoms with Crippen LogP contribution in [0.5, 0.6) is 0 Å². The van der Waals surface area contributed by atoms with Crippen LogP contribution < -0.4 is 33.2 Å². The Labute approximate surface area is 248 Å². The quantitative estimate of drug-likeness (QED) is 0.0551. The lowest BCUT2D eigenvalue weighted by Gasteiger charge is -2.25. The molecule has 43 heavy (non-hydrogen) atoms. The molecule has 4 atom stereocenters. The van der Waals surface area contributed by atoms with Crippen molar-refractivity contribution in [2.75, 3.05) is 13.2 Å². The highest BCUT2D eigenvalue weighted by Gasteiger charge is 2.30. The molecule has 0 aliphatic rings. The Morgan fingerprint density at radius 1 is 0.837 bits per heavy atom. The molecule has 3 rings (SSSR count). The summed E-state index contributed by atoms with van der Waals surface area (Å²) >= 11 is 0. The minimum Gasteiger partial charge on any atom is -0.480 e. The van der Waals surface area contributed by atoms with Crippen molar-refractivity contribution >= 4 is 40.6 Å². The first-order chi connectivity index (χ1) is 20.6. The van der Waals surface area contributed by atoms with E-state index >= 15 is 0 Å². The van der Waals surface area contributed by atoms with Crippen LogP contribution in [-0.4, -0.2) is 82.2 Å². The number of aliphatic hydroxyl groups is 1. The largest absolute Gasteiger partial charge is 0.480 e. The van der Waals surface area contributed by atoms with Crippen molar-refractivity contribution in [2.45, 2.75) is 49.9 Å². The lowest BCUT2D eigenvalue weighted by molar-refractivity contribution is -0.143. The zero-order valence-electron chi connectivity index (χ0n) is 23.5. The molecule has 0 aliphatic carbocycles. The highest BCUT2D eigenvalue weighted by molar-refractivity contribution is 5.94. The molecular weight excluding hydrogens is 556 g/mol. The SMILES string of the molecule is NC(N)=NCCCC(NC(=O)C(N)Cc1c[nH]c2ccccc12)C(=O)NC(Cc1ccccc1)C(=O)NC(CO)C(=O)O. The Morgan fingerprint density at radius 2 is 1.47 bits per heavy atom. The van der Waals surface area contributed by atoms with Crippen LogP contribution in [0.2, 0.25) is 0 Å². The number of nitrogens with two attached hydrogens (primary N) is 3. The third-order valence-electron chi connectivity index (χ3n) is 6.74. The lowest BCUT2D eigenvalue weighted by Crippen LogP contribution is -2.58. The van der Waals surface area contributed by atoms with E-state index < -0.39 is 54.5 Å². The van der Waals surface area contributed by atoms with Gasteiger partial charge in [-0.15, -0.1) is 0 Å². The Hall–Kier alpha value is -4.95. The molecule has 0 fully saturated rings. The van der Waals surface area contributed by atoms with E-state index in [-0.39, 0.29) is 31.8 Å². The monoisotopic (exact) mass is 594 g/mol. The van der Waals surface area contributed by atoms with Gasteiger partial charge in [0.25, 0.3) is 0 Å². The van der Waals surface area contributed by atoms with E-state index in [1.807, 2.05) is 24.3 Å².